The second kappa shape index (κ2) is 6.51. The third kappa shape index (κ3) is 4.86. The number of aliphatic carboxylic acids is 1. The van der Waals surface area contributed by atoms with E-state index in [0.717, 1.165) is 0 Å². The van der Waals surface area contributed by atoms with Gasteiger partial charge in [-0.15, -0.1) is 0 Å². The van der Waals surface area contributed by atoms with Gasteiger partial charge in [-0.25, -0.2) is 4.79 Å². The lowest BCUT2D eigenvalue weighted by Crippen LogP contribution is -2.28. The lowest BCUT2D eigenvalue weighted by molar-refractivity contribution is -0.385. The predicted molar refractivity (Wildman–Crippen MR) is 72.3 cm³/mol. The molecule has 19 heavy (non-hydrogen) atoms. The molecule has 0 aliphatic carbocycles. The number of nitro groups is 1. The van der Waals surface area contributed by atoms with Crippen LogP contribution < -0.4 is 4.74 Å². The number of carbonyl (C=O) groups is 1. The van der Waals surface area contributed by atoms with Crippen LogP contribution in [0.15, 0.2) is 22.7 Å². The monoisotopic (exact) mass is 331 g/mol. The number of non-ortho nitro benzene ring substituents is 1. The van der Waals surface area contributed by atoms with Crippen molar-refractivity contribution in [2.45, 2.75) is 26.4 Å². The smallest absolute Gasteiger partial charge is 0.344 e. The molecule has 0 aromatic heterocycles. The van der Waals surface area contributed by atoms with Crippen LogP contribution in [0.4, 0.5) is 5.69 Å². The summed E-state index contributed by atoms with van der Waals surface area (Å²) in [5.74, 6) is -0.784. The van der Waals surface area contributed by atoms with Crippen LogP contribution in [0.25, 0.3) is 0 Å². The van der Waals surface area contributed by atoms with Crippen molar-refractivity contribution >= 4 is 27.6 Å². The maximum atomic E-state index is 11.1. The van der Waals surface area contributed by atoms with E-state index >= 15 is 0 Å². The summed E-state index contributed by atoms with van der Waals surface area (Å²) in [6.07, 6.45) is -0.691. The van der Waals surface area contributed by atoms with E-state index in [1.807, 2.05) is 13.8 Å². The SMILES string of the molecule is CC(C)C[C@@H](Oc1cc(Br)cc([N+](=O)[O-])c1)C(=O)O. The fourth-order valence-electron chi connectivity index (χ4n) is 1.51. The molecule has 104 valence electrons. The Bertz CT molecular complexity index is 489. The molecule has 1 aromatic rings. The van der Waals surface area contributed by atoms with E-state index in [1.165, 1.54) is 18.2 Å². The molecule has 1 N–H and O–H groups in total. The minimum atomic E-state index is -1.09. The highest BCUT2D eigenvalue weighted by molar-refractivity contribution is 9.10. The molecule has 7 heteroatoms. The normalized spacial score (nSPS) is 12.2. The first-order chi connectivity index (χ1) is 8.79. The quantitative estimate of drug-likeness (QED) is 0.638. The lowest BCUT2D eigenvalue weighted by atomic mass is 10.1. The minimum Gasteiger partial charge on any atom is -0.479 e. The molecule has 6 nitrogen and oxygen atoms in total. The van der Waals surface area contributed by atoms with E-state index in [0.29, 0.717) is 10.9 Å². The number of carboxylic acid groups (broad SMARTS) is 1. The summed E-state index contributed by atoms with van der Waals surface area (Å²) >= 11 is 3.13. The highest BCUT2D eigenvalue weighted by Crippen LogP contribution is 2.27. The summed E-state index contributed by atoms with van der Waals surface area (Å²) in [5, 5.41) is 19.8. The van der Waals surface area contributed by atoms with Crippen molar-refractivity contribution in [2.24, 2.45) is 5.92 Å². The average molecular weight is 332 g/mol. The molecule has 0 heterocycles. The molecular formula is C12H14BrNO5. The lowest BCUT2D eigenvalue weighted by Gasteiger charge is -2.17. The Balaban J connectivity index is 2.96. The van der Waals surface area contributed by atoms with Gasteiger partial charge in [0.1, 0.15) is 5.75 Å². The van der Waals surface area contributed by atoms with Gasteiger partial charge in [0.25, 0.3) is 5.69 Å². The zero-order valence-corrected chi connectivity index (χ0v) is 12.1. The molecule has 0 aliphatic rings. The molecule has 0 saturated heterocycles. The molecule has 0 fully saturated rings. The van der Waals surface area contributed by atoms with Crippen molar-refractivity contribution in [1.82, 2.24) is 0 Å². The van der Waals surface area contributed by atoms with Gasteiger partial charge in [0.2, 0.25) is 0 Å². The minimum absolute atomic E-state index is 0.142. The van der Waals surface area contributed by atoms with Gasteiger partial charge in [0.15, 0.2) is 6.10 Å². The summed E-state index contributed by atoms with van der Waals surface area (Å²) in [7, 11) is 0. The second-order valence-electron chi connectivity index (χ2n) is 4.48. The van der Waals surface area contributed by atoms with Crippen LogP contribution in [0.5, 0.6) is 5.75 Å². The van der Waals surface area contributed by atoms with Gasteiger partial charge < -0.3 is 9.84 Å². The fraction of sp³-hybridized carbons (Fsp3) is 0.417. The Kier molecular flexibility index (Phi) is 5.29. The van der Waals surface area contributed by atoms with E-state index in [4.69, 9.17) is 9.84 Å². The van der Waals surface area contributed by atoms with Crippen molar-refractivity contribution in [3.05, 3.63) is 32.8 Å². The van der Waals surface area contributed by atoms with Crippen molar-refractivity contribution in [1.29, 1.82) is 0 Å². The van der Waals surface area contributed by atoms with Gasteiger partial charge in [0.05, 0.1) is 11.0 Å². The Labute approximate surface area is 118 Å². The molecule has 0 amide bonds. The summed E-state index contributed by atoms with van der Waals surface area (Å²) in [6, 6.07) is 4.04. The van der Waals surface area contributed by atoms with Gasteiger partial charge in [-0.3, -0.25) is 10.1 Å². The van der Waals surface area contributed by atoms with Crippen LogP contribution in [0.2, 0.25) is 0 Å². The molecule has 0 aliphatic heterocycles. The maximum Gasteiger partial charge on any atom is 0.344 e. The Hall–Kier alpha value is -1.63. The van der Waals surface area contributed by atoms with Crippen LogP contribution in [0.1, 0.15) is 20.3 Å². The summed E-state index contributed by atoms with van der Waals surface area (Å²) < 4.78 is 5.79. The van der Waals surface area contributed by atoms with Gasteiger partial charge >= 0.3 is 5.97 Å². The third-order valence-electron chi connectivity index (χ3n) is 2.31. The Morgan fingerprint density at radius 3 is 2.58 bits per heavy atom. The van der Waals surface area contributed by atoms with Crippen LogP contribution in [-0.2, 0) is 4.79 Å². The summed E-state index contributed by atoms with van der Waals surface area (Å²) in [4.78, 5) is 21.2. The van der Waals surface area contributed by atoms with E-state index < -0.39 is 17.0 Å². The number of hydrogen-bond acceptors (Lipinski definition) is 4. The van der Waals surface area contributed by atoms with Crippen LogP contribution in [-0.4, -0.2) is 22.1 Å². The van der Waals surface area contributed by atoms with Crippen molar-refractivity contribution in [3.8, 4) is 5.75 Å². The number of nitro benzene ring substituents is 1. The number of ether oxygens (including phenoxy) is 1. The number of benzene rings is 1. The topological polar surface area (TPSA) is 89.7 Å². The summed E-state index contributed by atoms with van der Waals surface area (Å²) in [6.45, 7) is 3.76. The standard InChI is InChI=1S/C12H14BrNO5/c1-7(2)3-11(12(15)16)19-10-5-8(13)4-9(6-10)14(17)18/h4-7,11H,3H2,1-2H3,(H,15,16)/t11-/m1/s1. The maximum absolute atomic E-state index is 11.1. The molecule has 0 saturated carbocycles. The third-order valence-corrected chi connectivity index (χ3v) is 2.76. The summed E-state index contributed by atoms with van der Waals surface area (Å²) in [5.41, 5.74) is -0.155. The molecule has 1 aromatic carbocycles. The number of rotatable bonds is 6. The van der Waals surface area contributed by atoms with Crippen molar-refractivity contribution < 1.29 is 19.6 Å². The first-order valence-corrected chi connectivity index (χ1v) is 6.43. The van der Waals surface area contributed by atoms with Crippen LogP contribution in [0.3, 0.4) is 0 Å². The predicted octanol–water partition coefficient (Wildman–Crippen LogP) is 3.24. The fourth-order valence-corrected chi connectivity index (χ4v) is 1.97. The molecule has 1 atom stereocenters. The molecular weight excluding hydrogens is 318 g/mol. The Morgan fingerprint density at radius 1 is 1.47 bits per heavy atom. The number of hydrogen-bond donors (Lipinski definition) is 1. The Morgan fingerprint density at radius 2 is 2.11 bits per heavy atom. The van der Waals surface area contributed by atoms with Crippen molar-refractivity contribution in [3.63, 3.8) is 0 Å². The highest BCUT2D eigenvalue weighted by atomic mass is 79.9. The number of carboxylic acids is 1. The number of halogens is 1. The first-order valence-electron chi connectivity index (χ1n) is 5.64. The molecule has 0 bridgehead atoms. The first kappa shape index (κ1) is 15.4. The van der Waals surface area contributed by atoms with Gasteiger partial charge in [-0.05, 0) is 18.4 Å². The van der Waals surface area contributed by atoms with E-state index in [-0.39, 0.29) is 17.4 Å². The van der Waals surface area contributed by atoms with Gasteiger partial charge in [-0.2, -0.15) is 0 Å². The van der Waals surface area contributed by atoms with Gasteiger partial charge in [0, 0.05) is 10.5 Å². The number of nitrogens with zero attached hydrogens (tertiary/aromatic N) is 1. The molecule has 1 rings (SSSR count). The zero-order valence-electron chi connectivity index (χ0n) is 10.5. The van der Waals surface area contributed by atoms with Crippen LogP contribution >= 0.6 is 15.9 Å². The zero-order chi connectivity index (χ0) is 14.6. The van der Waals surface area contributed by atoms with E-state index in [9.17, 15) is 14.9 Å². The van der Waals surface area contributed by atoms with Crippen molar-refractivity contribution in [2.75, 3.05) is 0 Å². The van der Waals surface area contributed by atoms with Gasteiger partial charge in [-0.1, -0.05) is 29.8 Å². The van der Waals surface area contributed by atoms with E-state index in [2.05, 4.69) is 15.9 Å². The van der Waals surface area contributed by atoms with E-state index in [1.54, 1.807) is 0 Å². The molecule has 0 unspecified atom stereocenters. The van der Waals surface area contributed by atoms with Crippen LogP contribution in [0, 0.1) is 16.0 Å². The second-order valence-corrected chi connectivity index (χ2v) is 5.39. The highest BCUT2D eigenvalue weighted by Gasteiger charge is 2.22. The largest absolute Gasteiger partial charge is 0.479 e. The molecule has 0 spiro atoms. The average Bonchev–Trinajstić information content (AvgIpc) is 2.26. The molecule has 0 radical (unpaired) electrons.